The summed E-state index contributed by atoms with van der Waals surface area (Å²) in [6.45, 7) is 5.14. The lowest BCUT2D eigenvalue weighted by Gasteiger charge is -2.21. The van der Waals surface area contributed by atoms with Crippen LogP contribution in [0.15, 0.2) is 29.9 Å². The van der Waals surface area contributed by atoms with E-state index in [9.17, 15) is 4.79 Å². The van der Waals surface area contributed by atoms with E-state index in [4.69, 9.17) is 0 Å². The smallest absolute Gasteiger partial charge is 0.273 e. The van der Waals surface area contributed by atoms with Gasteiger partial charge in [0.15, 0.2) is 0 Å². The van der Waals surface area contributed by atoms with Crippen molar-refractivity contribution in [1.82, 2.24) is 24.7 Å². The zero-order valence-corrected chi connectivity index (χ0v) is 15.7. The number of amides is 1. The van der Waals surface area contributed by atoms with Crippen LogP contribution in [0.4, 0.5) is 0 Å². The largest absolute Gasteiger partial charge is 0.336 e. The monoisotopic (exact) mass is 359 g/mol. The molecular formula is C18H25N5OS. The number of thiazole rings is 1. The van der Waals surface area contributed by atoms with Gasteiger partial charge in [-0.05, 0) is 38.2 Å². The molecule has 0 saturated carbocycles. The fourth-order valence-corrected chi connectivity index (χ4v) is 3.88. The van der Waals surface area contributed by atoms with Crippen LogP contribution < -0.4 is 0 Å². The molecule has 134 valence electrons. The number of nitrogens with zero attached hydrogens (tertiary/aromatic N) is 5. The molecule has 2 aromatic heterocycles. The van der Waals surface area contributed by atoms with E-state index in [2.05, 4.69) is 31.9 Å². The number of pyridine rings is 1. The molecule has 0 spiro atoms. The third-order valence-electron chi connectivity index (χ3n) is 4.25. The summed E-state index contributed by atoms with van der Waals surface area (Å²) >= 11 is 1.56. The number of aromatic nitrogens is 2. The van der Waals surface area contributed by atoms with Crippen molar-refractivity contribution in [2.75, 3.05) is 40.3 Å². The molecule has 0 aliphatic carbocycles. The lowest BCUT2D eigenvalue weighted by Crippen LogP contribution is -2.35. The van der Waals surface area contributed by atoms with E-state index >= 15 is 0 Å². The van der Waals surface area contributed by atoms with Crippen molar-refractivity contribution in [1.29, 1.82) is 0 Å². The Labute approximate surface area is 153 Å². The highest BCUT2D eigenvalue weighted by molar-refractivity contribution is 7.09. The second-order valence-corrected chi connectivity index (χ2v) is 7.58. The molecule has 0 unspecified atom stereocenters. The average Bonchev–Trinajstić information content (AvgIpc) is 2.93. The van der Waals surface area contributed by atoms with Gasteiger partial charge in [0, 0.05) is 57.0 Å². The van der Waals surface area contributed by atoms with E-state index in [1.54, 1.807) is 11.3 Å². The fraction of sp³-hybridized carbons (Fsp3) is 0.500. The maximum atomic E-state index is 12.7. The SMILES string of the molecule is CN(C)Cc1nc(C(=O)N2CCCN(Cc3ccncc3)CC2)cs1. The van der Waals surface area contributed by atoms with Crippen molar-refractivity contribution in [3.8, 4) is 0 Å². The molecule has 7 heteroatoms. The van der Waals surface area contributed by atoms with Gasteiger partial charge >= 0.3 is 0 Å². The highest BCUT2D eigenvalue weighted by Crippen LogP contribution is 2.15. The summed E-state index contributed by atoms with van der Waals surface area (Å²) in [5.41, 5.74) is 1.85. The molecule has 0 atom stereocenters. The minimum absolute atomic E-state index is 0.0621. The van der Waals surface area contributed by atoms with Gasteiger partial charge in [0.05, 0.1) is 0 Å². The molecule has 0 bridgehead atoms. The van der Waals surface area contributed by atoms with Crippen molar-refractivity contribution in [3.05, 3.63) is 46.2 Å². The Morgan fingerprint density at radius 3 is 2.76 bits per heavy atom. The lowest BCUT2D eigenvalue weighted by molar-refractivity contribution is 0.0755. The minimum atomic E-state index is 0.0621. The molecule has 3 rings (SSSR count). The van der Waals surface area contributed by atoms with Gasteiger partial charge in [-0.1, -0.05) is 0 Å². The first-order valence-electron chi connectivity index (χ1n) is 8.61. The first kappa shape index (κ1) is 18.0. The molecule has 0 N–H and O–H groups in total. The van der Waals surface area contributed by atoms with Gasteiger partial charge in [-0.15, -0.1) is 11.3 Å². The first-order valence-corrected chi connectivity index (χ1v) is 9.49. The van der Waals surface area contributed by atoms with Crippen LogP contribution in [0.1, 0.15) is 27.5 Å². The van der Waals surface area contributed by atoms with Gasteiger partial charge < -0.3 is 9.80 Å². The predicted molar refractivity (Wildman–Crippen MR) is 99.5 cm³/mol. The fourth-order valence-electron chi connectivity index (χ4n) is 2.99. The van der Waals surface area contributed by atoms with Crippen LogP contribution >= 0.6 is 11.3 Å². The Bertz CT molecular complexity index is 688. The third-order valence-corrected chi connectivity index (χ3v) is 5.09. The Hall–Kier alpha value is -1.83. The number of hydrogen-bond acceptors (Lipinski definition) is 6. The van der Waals surface area contributed by atoms with Crippen LogP contribution in [-0.4, -0.2) is 70.8 Å². The molecule has 2 aromatic rings. The summed E-state index contributed by atoms with van der Waals surface area (Å²) in [6, 6.07) is 4.10. The highest BCUT2D eigenvalue weighted by Gasteiger charge is 2.22. The maximum Gasteiger partial charge on any atom is 0.273 e. The van der Waals surface area contributed by atoms with Crippen LogP contribution in [0.2, 0.25) is 0 Å². The van der Waals surface area contributed by atoms with E-state index in [0.717, 1.165) is 50.7 Å². The zero-order chi connectivity index (χ0) is 17.6. The van der Waals surface area contributed by atoms with E-state index in [-0.39, 0.29) is 5.91 Å². The molecule has 6 nitrogen and oxygen atoms in total. The van der Waals surface area contributed by atoms with Gasteiger partial charge in [-0.2, -0.15) is 0 Å². The summed E-state index contributed by atoms with van der Waals surface area (Å²) in [5.74, 6) is 0.0621. The van der Waals surface area contributed by atoms with Crippen molar-refractivity contribution >= 4 is 17.2 Å². The molecule has 1 saturated heterocycles. The maximum absolute atomic E-state index is 12.7. The van der Waals surface area contributed by atoms with Crippen molar-refractivity contribution < 1.29 is 4.79 Å². The van der Waals surface area contributed by atoms with Gasteiger partial charge in [0.25, 0.3) is 5.91 Å². The normalized spacial score (nSPS) is 16.2. The molecule has 0 radical (unpaired) electrons. The van der Waals surface area contributed by atoms with Crippen molar-refractivity contribution in [2.24, 2.45) is 0 Å². The van der Waals surface area contributed by atoms with Crippen molar-refractivity contribution in [2.45, 2.75) is 19.5 Å². The topological polar surface area (TPSA) is 52.6 Å². The second-order valence-electron chi connectivity index (χ2n) is 6.64. The molecule has 25 heavy (non-hydrogen) atoms. The third kappa shape index (κ3) is 5.07. The van der Waals surface area contributed by atoms with Crippen LogP contribution in [0.25, 0.3) is 0 Å². The Morgan fingerprint density at radius 2 is 2.00 bits per heavy atom. The summed E-state index contributed by atoms with van der Waals surface area (Å²) in [5, 5.41) is 2.88. The van der Waals surface area contributed by atoms with Crippen LogP contribution in [0.5, 0.6) is 0 Å². The van der Waals surface area contributed by atoms with Crippen molar-refractivity contribution in [3.63, 3.8) is 0 Å². The van der Waals surface area contributed by atoms with Crippen LogP contribution in [-0.2, 0) is 13.1 Å². The summed E-state index contributed by atoms with van der Waals surface area (Å²) in [4.78, 5) is 27.7. The number of carbonyl (C=O) groups is 1. The molecule has 1 aliphatic heterocycles. The quantitative estimate of drug-likeness (QED) is 0.817. The van der Waals surface area contributed by atoms with E-state index in [1.807, 2.05) is 36.8 Å². The van der Waals surface area contributed by atoms with Gasteiger partial charge in [-0.3, -0.25) is 14.7 Å². The van der Waals surface area contributed by atoms with E-state index in [0.29, 0.717) is 5.69 Å². The highest BCUT2D eigenvalue weighted by atomic mass is 32.1. The number of hydrogen-bond donors (Lipinski definition) is 0. The van der Waals surface area contributed by atoms with Gasteiger partial charge in [-0.25, -0.2) is 4.98 Å². The van der Waals surface area contributed by atoms with E-state index in [1.165, 1.54) is 5.56 Å². The summed E-state index contributed by atoms with van der Waals surface area (Å²) in [6.07, 6.45) is 4.65. The molecule has 3 heterocycles. The number of carbonyl (C=O) groups excluding carboxylic acids is 1. The lowest BCUT2D eigenvalue weighted by atomic mass is 10.2. The summed E-state index contributed by atoms with van der Waals surface area (Å²) in [7, 11) is 4.02. The molecule has 1 amide bonds. The Morgan fingerprint density at radius 1 is 1.20 bits per heavy atom. The molecule has 0 aromatic carbocycles. The minimum Gasteiger partial charge on any atom is -0.336 e. The van der Waals surface area contributed by atoms with Gasteiger partial charge in [0.2, 0.25) is 0 Å². The predicted octanol–water partition coefficient (Wildman–Crippen LogP) is 1.95. The standard InChI is InChI=1S/C18H25N5OS/c1-21(2)13-17-20-16(14-25-17)18(24)23-9-3-8-22(10-11-23)12-15-4-6-19-7-5-15/h4-7,14H,3,8-13H2,1-2H3. The second kappa shape index (κ2) is 8.51. The molecule has 1 fully saturated rings. The Kier molecular flexibility index (Phi) is 6.12. The van der Waals surface area contributed by atoms with Gasteiger partial charge in [0.1, 0.15) is 10.7 Å². The van der Waals surface area contributed by atoms with Crippen LogP contribution in [0, 0.1) is 0 Å². The zero-order valence-electron chi connectivity index (χ0n) is 14.9. The summed E-state index contributed by atoms with van der Waals surface area (Å²) < 4.78 is 0. The first-order chi connectivity index (χ1) is 12.1. The van der Waals surface area contributed by atoms with Crippen LogP contribution in [0.3, 0.4) is 0 Å². The molecular weight excluding hydrogens is 334 g/mol. The van der Waals surface area contributed by atoms with E-state index < -0.39 is 0 Å². The number of rotatable bonds is 5. The molecule has 1 aliphatic rings. The Balaban J connectivity index is 1.57. The average molecular weight is 359 g/mol.